The standard InChI is InChI=1S/C22H25N5O2S/c1-14-6-5-7-17(11-14)23-21(29)13-30-22-26-25-19(27(22)4)12-20(28)24-18-9-8-15(2)10-16(18)3/h5-11H,12-13H2,1-4H3,(H,23,29)(H,24,28). The van der Waals surface area contributed by atoms with Crippen LogP contribution < -0.4 is 10.6 Å². The number of anilines is 2. The number of benzene rings is 2. The van der Waals surface area contributed by atoms with Crippen molar-refractivity contribution in [3.63, 3.8) is 0 Å². The van der Waals surface area contributed by atoms with Crippen LogP contribution in [0.4, 0.5) is 11.4 Å². The van der Waals surface area contributed by atoms with E-state index in [2.05, 4.69) is 20.8 Å². The molecule has 0 spiro atoms. The third-order valence-electron chi connectivity index (χ3n) is 4.53. The number of amides is 2. The number of thioether (sulfide) groups is 1. The molecule has 0 unspecified atom stereocenters. The zero-order valence-electron chi connectivity index (χ0n) is 17.5. The minimum Gasteiger partial charge on any atom is -0.325 e. The Bertz CT molecular complexity index is 1080. The molecule has 0 fully saturated rings. The molecule has 3 aromatic rings. The SMILES string of the molecule is Cc1cccc(NC(=O)CSc2nnc(CC(=O)Nc3ccc(C)cc3C)n2C)c1. The van der Waals surface area contributed by atoms with Gasteiger partial charge in [0.15, 0.2) is 5.16 Å². The van der Waals surface area contributed by atoms with Crippen molar-refractivity contribution < 1.29 is 9.59 Å². The van der Waals surface area contributed by atoms with Gasteiger partial charge in [0.05, 0.1) is 12.2 Å². The Kier molecular flexibility index (Phi) is 6.89. The fraction of sp³-hybridized carbons (Fsp3) is 0.273. The molecule has 0 aliphatic heterocycles. The summed E-state index contributed by atoms with van der Waals surface area (Å²) in [7, 11) is 1.79. The Balaban J connectivity index is 1.54. The Hall–Kier alpha value is -3.13. The first-order valence-electron chi connectivity index (χ1n) is 9.56. The lowest BCUT2D eigenvalue weighted by molar-refractivity contribution is -0.116. The molecule has 0 bridgehead atoms. The largest absolute Gasteiger partial charge is 0.325 e. The van der Waals surface area contributed by atoms with Crippen molar-refractivity contribution in [3.05, 3.63) is 65.0 Å². The summed E-state index contributed by atoms with van der Waals surface area (Å²) in [6.45, 7) is 5.95. The van der Waals surface area contributed by atoms with Crippen molar-refractivity contribution in [3.8, 4) is 0 Å². The van der Waals surface area contributed by atoms with Crippen LogP contribution in [0.15, 0.2) is 47.6 Å². The first-order chi connectivity index (χ1) is 14.3. The maximum Gasteiger partial charge on any atom is 0.234 e. The zero-order chi connectivity index (χ0) is 21.7. The molecule has 0 saturated heterocycles. The summed E-state index contributed by atoms with van der Waals surface area (Å²) in [6.07, 6.45) is 0.104. The smallest absolute Gasteiger partial charge is 0.234 e. The number of nitrogens with zero attached hydrogens (tertiary/aromatic N) is 3. The molecular weight excluding hydrogens is 398 g/mol. The molecule has 156 valence electrons. The second-order valence-electron chi connectivity index (χ2n) is 7.21. The number of hydrogen-bond donors (Lipinski definition) is 2. The molecule has 8 heteroatoms. The van der Waals surface area contributed by atoms with Crippen molar-refractivity contribution in [2.45, 2.75) is 32.3 Å². The summed E-state index contributed by atoms with van der Waals surface area (Å²) in [5, 5.41) is 14.6. The fourth-order valence-corrected chi connectivity index (χ4v) is 3.70. The van der Waals surface area contributed by atoms with E-state index in [1.807, 2.05) is 63.2 Å². The molecule has 0 saturated carbocycles. The van der Waals surface area contributed by atoms with E-state index in [1.54, 1.807) is 11.6 Å². The molecule has 2 amide bonds. The molecule has 1 heterocycles. The van der Waals surface area contributed by atoms with Gasteiger partial charge in [-0.1, -0.05) is 41.6 Å². The molecule has 0 atom stereocenters. The molecule has 1 aromatic heterocycles. The summed E-state index contributed by atoms with van der Waals surface area (Å²) >= 11 is 1.28. The topological polar surface area (TPSA) is 88.9 Å². The van der Waals surface area contributed by atoms with Crippen LogP contribution in [0.5, 0.6) is 0 Å². The van der Waals surface area contributed by atoms with Crippen LogP contribution in [-0.4, -0.2) is 32.3 Å². The Morgan fingerprint density at radius 3 is 2.47 bits per heavy atom. The minimum absolute atomic E-state index is 0.104. The van der Waals surface area contributed by atoms with Crippen LogP contribution in [0, 0.1) is 20.8 Å². The first kappa shape index (κ1) is 21.6. The van der Waals surface area contributed by atoms with Gasteiger partial charge >= 0.3 is 0 Å². The van der Waals surface area contributed by atoms with Crippen LogP contribution in [-0.2, 0) is 23.1 Å². The van der Waals surface area contributed by atoms with Crippen molar-refractivity contribution in [2.24, 2.45) is 7.05 Å². The Morgan fingerprint density at radius 1 is 0.967 bits per heavy atom. The predicted octanol–water partition coefficient (Wildman–Crippen LogP) is 3.65. The van der Waals surface area contributed by atoms with Gasteiger partial charge < -0.3 is 15.2 Å². The van der Waals surface area contributed by atoms with Gasteiger partial charge in [-0.3, -0.25) is 9.59 Å². The van der Waals surface area contributed by atoms with Gasteiger partial charge in [-0.2, -0.15) is 0 Å². The van der Waals surface area contributed by atoms with Gasteiger partial charge in [-0.15, -0.1) is 10.2 Å². The van der Waals surface area contributed by atoms with Gasteiger partial charge in [-0.25, -0.2) is 0 Å². The van der Waals surface area contributed by atoms with Crippen molar-refractivity contribution in [2.75, 3.05) is 16.4 Å². The van der Waals surface area contributed by atoms with Crippen LogP contribution in [0.1, 0.15) is 22.5 Å². The number of carbonyl (C=O) groups is 2. The number of nitrogens with one attached hydrogen (secondary N) is 2. The van der Waals surface area contributed by atoms with E-state index >= 15 is 0 Å². The molecule has 2 aromatic carbocycles. The summed E-state index contributed by atoms with van der Waals surface area (Å²) in [5.41, 5.74) is 4.79. The lowest BCUT2D eigenvalue weighted by atomic mass is 10.1. The van der Waals surface area contributed by atoms with Crippen LogP contribution in [0.3, 0.4) is 0 Å². The Morgan fingerprint density at radius 2 is 1.73 bits per heavy atom. The van der Waals surface area contributed by atoms with Crippen molar-refractivity contribution in [1.82, 2.24) is 14.8 Å². The van der Waals surface area contributed by atoms with E-state index in [4.69, 9.17) is 0 Å². The van der Waals surface area contributed by atoms with Gasteiger partial charge in [0.2, 0.25) is 11.8 Å². The van der Waals surface area contributed by atoms with Gasteiger partial charge in [-0.05, 0) is 50.1 Å². The van der Waals surface area contributed by atoms with E-state index in [0.29, 0.717) is 11.0 Å². The highest BCUT2D eigenvalue weighted by atomic mass is 32.2. The highest BCUT2D eigenvalue weighted by molar-refractivity contribution is 7.99. The number of hydrogen-bond acceptors (Lipinski definition) is 5. The second-order valence-corrected chi connectivity index (χ2v) is 8.15. The second kappa shape index (κ2) is 9.58. The third kappa shape index (κ3) is 5.70. The minimum atomic E-state index is -0.161. The molecule has 0 aliphatic carbocycles. The molecular formula is C22H25N5O2S. The van der Waals surface area contributed by atoms with Gasteiger partial charge in [0.1, 0.15) is 5.82 Å². The Labute approximate surface area is 180 Å². The van der Waals surface area contributed by atoms with Gasteiger partial charge in [0.25, 0.3) is 0 Å². The molecule has 30 heavy (non-hydrogen) atoms. The van der Waals surface area contributed by atoms with Crippen molar-refractivity contribution >= 4 is 35.0 Å². The van der Waals surface area contributed by atoms with Crippen molar-refractivity contribution in [1.29, 1.82) is 0 Å². The number of aromatic nitrogens is 3. The van der Waals surface area contributed by atoms with E-state index in [-0.39, 0.29) is 24.0 Å². The summed E-state index contributed by atoms with van der Waals surface area (Å²) in [4.78, 5) is 24.6. The highest BCUT2D eigenvalue weighted by Crippen LogP contribution is 2.19. The highest BCUT2D eigenvalue weighted by Gasteiger charge is 2.15. The van der Waals surface area contributed by atoms with Crippen LogP contribution >= 0.6 is 11.8 Å². The monoisotopic (exact) mass is 423 g/mol. The van der Waals surface area contributed by atoms with Gasteiger partial charge in [0, 0.05) is 18.4 Å². The fourth-order valence-electron chi connectivity index (χ4n) is 2.97. The van der Waals surface area contributed by atoms with E-state index < -0.39 is 0 Å². The number of aryl methyl sites for hydroxylation is 3. The zero-order valence-corrected chi connectivity index (χ0v) is 18.3. The first-order valence-corrected chi connectivity index (χ1v) is 10.5. The summed E-state index contributed by atoms with van der Waals surface area (Å²) in [6, 6.07) is 13.5. The average molecular weight is 424 g/mol. The number of carbonyl (C=O) groups excluding carboxylic acids is 2. The lowest BCUT2D eigenvalue weighted by Crippen LogP contribution is -2.18. The van der Waals surface area contributed by atoms with Crippen LogP contribution in [0.25, 0.3) is 0 Å². The summed E-state index contributed by atoms with van der Waals surface area (Å²) < 4.78 is 1.74. The summed E-state index contributed by atoms with van der Waals surface area (Å²) in [5.74, 6) is 0.460. The molecule has 3 rings (SSSR count). The van der Waals surface area contributed by atoms with E-state index in [1.165, 1.54) is 11.8 Å². The lowest BCUT2D eigenvalue weighted by Gasteiger charge is -2.09. The molecule has 7 nitrogen and oxygen atoms in total. The molecule has 0 radical (unpaired) electrons. The maximum absolute atomic E-state index is 12.4. The average Bonchev–Trinajstić information content (AvgIpc) is 3.02. The predicted molar refractivity (Wildman–Crippen MR) is 120 cm³/mol. The number of rotatable bonds is 7. The molecule has 0 aliphatic rings. The normalized spacial score (nSPS) is 10.7. The van der Waals surface area contributed by atoms with Crippen LogP contribution in [0.2, 0.25) is 0 Å². The molecule has 2 N–H and O–H groups in total. The van der Waals surface area contributed by atoms with E-state index in [0.717, 1.165) is 28.1 Å². The quantitative estimate of drug-likeness (QED) is 0.566. The third-order valence-corrected chi connectivity index (χ3v) is 5.55. The van der Waals surface area contributed by atoms with E-state index in [9.17, 15) is 9.59 Å². The maximum atomic E-state index is 12.4.